The van der Waals surface area contributed by atoms with Crippen molar-refractivity contribution >= 4 is 0 Å². The van der Waals surface area contributed by atoms with Gasteiger partial charge in [0.05, 0.1) is 12.2 Å². The van der Waals surface area contributed by atoms with Crippen LogP contribution in [0.4, 0.5) is 0 Å². The Bertz CT molecular complexity index is 193. The molecule has 2 heteroatoms. The van der Waals surface area contributed by atoms with Crippen LogP contribution in [0.15, 0.2) is 0 Å². The molecule has 2 unspecified atom stereocenters. The zero-order valence-electron chi connectivity index (χ0n) is 9.05. The van der Waals surface area contributed by atoms with E-state index in [-0.39, 0.29) is 5.60 Å². The highest BCUT2D eigenvalue weighted by atomic mass is 16.5. The first kappa shape index (κ1) is 9.47. The first-order valence-electron chi connectivity index (χ1n) is 5.44. The van der Waals surface area contributed by atoms with Crippen LogP contribution in [0.2, 0.25) is 0 Å². The molecule has 76 valence electrons. The Kier molecular flexibility index (Phi) is 2.37. The third kappa shape index (κ3) is 1.75. The van der Waals surface area contributed by atoms with E-state index in [1.165, 1.54) is 19.4 Å². The van der Waals surface area contributed by atoms with Crippen molar-refractivity contribution in [1.29, 1.82) is 0 Å². The van der Waals surface area contributed by atoms with E-state index in [0.717, 1.165) is 25.0 Å². The van der Waals surface area contributed by atoms with E-state index < -0.39 is 0 Å². The molecule has 0 aromatic carbocycles. The Morgan fingerprint density at radius 3 is 2.69 bits per heavy atom. The first-order chi connectivity index (χ1) is 6.11. The van der Waals surface area contributed by atoms with E-state index in [2.05, 4.69) is 25.8 Å². The standard InChI is InChI=1S/C11H21NO/c1-9(2)10-6-11(13-7-10)4-5-12(3)8-11/h9-10H,4-8H2,1-3H3. The average Bonchev–Trinajstić information content (AvgIpc) is 2.61. The zero-order chi connectivity index (χ0) is 9.47. The summed E-state index contributed by atoms with van der Waals surface area (Å²) in [4.78, 5) is 2.39. The van der Waals surface area contributed by atoms with Crippen LogP contribution in [0.5, 0.6) is 0 Å². The Morgan fingerprint density at radius 2 is 2.23 bits per heavy atom. The normalized spacial score (nSPS) is 41.1. The number of likely N-dealkylation sites (tertiary alicyclic amines) is 1. The summed E-state index contributed by atoms with van der Waals surface area (Å²) in [5, 5.41) is 0. The van der Waals surface area contributed by atoms with Crippen molar-refractivity contribution in [2.45, 2.75) is 32.3 Å². The highest BCUT2D eigenvalue weighted by molar-refractivity contribution is 4.96. The summed E-state index contributed by atoms with van der Waals surface area (Å²) < 4.78 is 6.00. The summed E-state index contributed by atoms with van der Waals surface area (Å²) in [6.07, 6.45) is 2.53. The highest BCUT2D eigenvalue weighted by Crippen LogP contribution is 2.39. The summed E-state index contributed by atoms with van der Waals surface area (Å²) in [5.74, 6) is 1.58. The lowest BCUT2D eigenvalue weighted by Gasteiger charge is -2.22. The molecular weight excluding hydrogens is 162 g/mol. The summed E-state index contributed by atoms with van der Waals surface area (Å²) in [6, 6.07) is 0. The molecule has 0 aromatic heterocycles. The Labute approximate surface area is 81.3 Å². The van der Waals surface area contributed by atoms with E-state index in [9.17, 15) is 0 Å². The molecule has 13 heavy (non-hydrogen) atoms. The molecule has 2 saturated heterocycles. The lowest BCUT2D eigenvalue weighted by Crippen LogP contribution is -2.31. The fourth-order valence-corrected chi connectivity index (χ4v) is 2.64. The van der Waals surface area contributed by atoms with E-state index in [4.69, 9.17) is 4.74 Å². The van der Waals surface area contributed by atoms with Gasteiger partial charge < -0.3 is 9.64 Å². The molecule has 2 rings (SSSR count). The molecule has 0 amide bonds. The van der Waals surface area contributed by atoms with Crippen LogP contribution < -0.4 is 0 Å². The predicted molar refractivity (Wildman–Crippen MR) is 53.7 cm³/mol. The van der Waals surface area contributed by atoms with Crippen molar-refractivity contribution in [3.8, 4) is 0 Å². The van der Waals surface area contributed by atoms with Gasteiger partial charge in [-0.2, -0.15) is 0 Å². The third-order valence-electron chi connectivity index (χ3n) is 3.69. The monoisotopic (exact) mass is 183 g/mol. The smallest absolute Gasteiger partial charge is 0.0824 e. The molecular formula is C11H21NO. The minimum Gasteiger partial charge on any atom is -0.373 e. The van der Waals surface area contributed by atoms with Crippen LogP contribution in [-0.4, -0.2) is 37.2 Å². The molecule has 2 atom stereocenters. The number of hydrogen-bond donors (Lipinski definition) is 0. The Hall–Kier alpha value is -0.0800. The molecule has 0 aromatic rings. The van der Waals surface area contributed by atoms with Crippen LogP contribution in [0.3, 0.4) is 0 Å². The average molecular weight is 183 g/mol. The lowest BCUT2D eigenvalue weighted by atomic mass is 9.87. The highest BCUT2D eigenvalue weighted by Gasteiger charge is 2.44. The molecule has 0 saturated carbocycles. The first-order valence-corrected chi connectivity index (χ1v) is 5.44. The molecule has 0 aliphatic carbocycles. The van der Waals surface area contributed by atoms with E-state index in [1.54, 1.807) is 0 Å². The maximum absolute atomic E-state index is 6.00. The second-order valence-corrected chi connectivity index (χ2v) is 5.19. The molecule has 2 aliphatic heterocycles. The maximum Gasteiger partial charge on any atom is 0.0824 e. The Balaban J connectivity index is 1.97. The largest absolute Gasteiger partial charge is 0.373 e. The van der Waals surface area contributed by atoms with Gasteiger partial charge in [-0.3, -0.25) is 0 Å². The van der Waals surface area contributed by atoms with Crippen molar-refractivity contribution < 1.29 is 4.74 Å². The zero-order valence-corrected chi connectivity index (χ0v) is 9.05. The number of rotatable bonds is 1. The molecule has 2 aliphatic rings. The molecule has 1 spiro atoms. The number of hydrogen-bond acceptors (Lipinski definition) is 2. The van der Waals surface area contributed by atoms with Crippen molar-refractivity contribution in [3.05, 3.63) is 0 Å². The summed E-state index contributed by atoms with van der Waals surface area (Å²) in [5.41, 5.74) is 0.240. The van der Waals surface area contributed by atoms with Gasteiger partial charge in [0, 0.05) is 13.1 Å². The SMILES string of the molecule is CC(C)C1COC2(CCN(C)C2)C1. The van der Waals surface area contributed by atoms with Gasteiger partial charge in [-0.15, -0.1) is 0 Å². The van der Waals surface area contributed by atoms with Gasteiger partial charge in [0.2, 0.25) is 0 Å². The van der Waals surface area contributed by atoms with Crippen molar-refractivity contribution in [2.24, 2.45) is 11.8 Å². The van der Waals surface area contributed by atoms with E-state index in [0.29, 0.717) is 0 Å². The van der Waals surface area contributed by atoms with Gasteiger partial charge in [0.15, 0.2) is 0 Å². The predicted octanol–water partition coefficient (Wildman–Crippen LogP) is 1.75. The topological polar surface area (TPSA) is 12.5 Å². The number of ether oxygens (including phenoxy) is 1. The van der Waals surface area contributed by atoms with Crippen LogP contribution in [0.1, 0.15) is 26.7 Å². The fraction of sp³-hybridized carbons (Fsp3) is 1.00. The van der Waals surface area contributed by atoms with E-state index in [1.807, 2.05) is 0 Å². The minimum atomic E-state index is 0.240. The molecule has 2 fully saturated rings. The maximum atomic E-state index is 6.00. The molecule has 0 radical (unpaired) electrons. The fourth-order valence-electron chi connectivity index (χ4n) is 2.64. The number of likely N-dealkylation sites (N-methyl/N-ethyl adjacent to an activating group) is 1. The lowest BCUT2D eigenvalue weighted by molar-refractivity contribution is 0.0129. The molecule has 0 bridgehead atoms. The van der Waals surface area contributed by atoms with Crippen LogP contribution in [0, 0.1) is 11.8 Å². The minimum absolute atomic E-state index is 0.240. The van der Waals surface area contributed by atoms with Gasteiger partial charge >= 0.3 is 0 Å². The van der Waals surface area contributed by atoms with Crippen molar-refractivity contribution in [1.82, 2.24) is 4.90 Å². The van der Waals surface area contributed by atoms with E-state index >= 15 is 0 Å². The van der Waals surface area contributed by atoms with Crippen LogP contribution in [-0.2, 0) is 4.74 Å². The van der Waals surface area contributed by atoms with Gasteiger partial charge in [-0.25, -0.2) is 0 Å². The molecule has 0 N–H and O–H groups in total. The second kappa shape index (κ2) is 3.25. The second-order valence-electron chi connectivity index (χ2n) is 5.19. The third-order valence-corrected chi connectivity index (χ3v) is 3.69. The Morgan fingerprint density at radius 1 is 1.46 bits per heavy atom. The number of nitrogens with zero attached hydrogens (tertiary/aromatic N) is 1. The molecule has 2 nitrogen and oxygen atoms in total. The van der Waals surface area contributed by atoms with Gasteiger partial charge in [0.1, 0.15) is 0 Å². The van der Waals surface area contributed by atoms with Gasteiger partial charge in [-0.05, 0) is 31.7 Å². The van der Waals surface area contributed by atoms with Crippen molar-refractivity contribution in [2.75, 3.05) is 26.7 Å². The van der Waals surface area contributed by atoms with Gasteiger partial charge in [-0.1, -0.05) is 13.8 Å². The summed E-state index contributed by atoms with van der Waals surface area (Å²) in [6.45, 7) is 7.98. The summed E-state index contributed by atoms with van der Waals surface area (Å²) in [7, 11) is 2.20. The summed E-state index contributed by atoms with van der Waals surface area (Å²) >= 11 is 0. The van der Waals surface area contributed by atoms with Gasteiger partial charge in [0.25, 0.3) is 0 Å². The van der Waals surface area contributed by atoms with Crippen LogP contribution >= 0.6 is 0 Å². The molecule has 2 heterocycles. The quantitative estimate of drug-likeness (QED) is 0.614. The van der Waals surface area contributed by atoms with Crippen LogP contribution in [0.25, 0.3) is 0 Å². The van der Waals surface area contributed by atoms with Crippen molar-refractivity contribution in [3.63, 3.8) is 0 Å².